The average Bonchev–Trinajstić information content (AvgIpc) is 3.22. The maximum absolute atomic E-state index is 12.7. The normalized spacial score (nSPS) is 18.2. The summed E-state index contributed by atoms with van der Waals surface area (Å²) in [7, 11) is 0. The first kappa shape index (κ1) is 14.9. The Hall–Kier alpha value is -2.67. The van der Waals surface area contributed by atoms with E-state index < -0.39 is 0 Å². The number of morpholine rings is 1. The summed E-state index contributed by atoms with van der Waals surface area (Å²) in [6.07, 6.45) is 1.59. The lowest BCUT2D eigenvalue weighted by molar-refractivity contribution is -0.140. The zero-order valence-electron chi connectivity index (χ0n) is 13.4. The van der Waals surface area contributed by atoms with E-state index in [4.69, 9.17) is 9.15 Å². The third-order valence-electron chi connectivity index (χ3n) is 4.22. The fourth-order valence-corrected chi connectivity index (χ4v) is 2.99. The van der Waals surface area contributed by atoms with Crippen LogP contribution in [0.4, 0.5) is 0 Å². The summed E-state index contributed by atoms with van der Waals surface area (Å²) in [6.45, 7) is 3.51. The van der Waals surface area contributed by atoms with Crippen LogP contribution in [-0.4, -0.2) is 45.3 Å². The molecule has 7 heteroatoms. The molecule has 0 aliphatic carbocycles. The standard InChI is InChI=1S/C17H18N4O3/c1-12-18-19-17(24-12)15-10-21(8-9-23-15)16(22)11-20-7-6-13-4-2-3-5-14(13)20/h2-7,15H,8-11H2,1H3/t15-/m0/s1. The number of fused-ring (bicyclic) bond motifs is 1. The van der Waals surface area contributed by atoms with Crippen molar-refractivity contribution in [1.82, 2.24) is 19.7 Å². The molecule has 1 amide bonds. The van der Waals surface area contributed by atoms with Gasteiger partial charge in [0, 0.05) is 25.2 Å². The average molecular weight is 326 g/mol. The molecule has 0 spiro atoms. The molecule has 4 rings (SSSR count). The number of carbonyl (C=O) groups is 1. The van der Waals surface area contributed by atoms with E-state index in [1.165, 1.54) is 0 Å². The second-order valence-electron chi connectivity index (χ2n) is 5.86. The molecule has 1 aliphatic rings. The lowest BCUT2D eigenvalue weighted by Gasteiger charge is -2.31. The van der Waals surface area contributed by atoms with Crippen molar-refractivity contribution in [1.29, 1.82) is 0 Å². The number of hydrogen-bond acceptors (Lipinski definition) is 5. The van der Waals surface area contributed by atoms with Crippen molar-refractivity contribution < 1.29 is 13.9 Å². The topological polar surface area (TPSA) is 73.4 Å². The van der Waals surface area contributed by atoms with E-state index in [9.17, 15) is 4.79 Å². The molecule has 0 N–H and O–H groups in total. The van der Waals surface area contributed by atoms with Crippen molar-refractivity contribution in [2.24, 2.45) is 0 Å². The van der Waals surface area contributed by atoms with Crippen LogP contribution in [0.1, 0.15) is 17.9 Å². The maximum Gasteiger partial charge on any atom is 0.246 e. The number of aromatic nitrogens is 3. The van der Waals surface area contributed by atoms with E-state index in [2.05, 4.69) is 10.2 Å². The minimum absolute atomic E-state index is 0.0564. The molecule has 7 nitrogen and oxygen atoms in total. The third-order valence-corrected chi connectivity index (χ3v) is 4.22. The Morgan fingerprint density at radius 2 is 2.17 bits per heavy atom. The molecule has 1 saturated heterocycles. The lowest BCUT2D eigenvalue weighted by atomic mass is 10.2. The van der Waals surface area contributed by atoms with Crippen LogP contribution in [0.3, 0.4) is 0 Å². The molecule has 3 heterocycles. The summed E-state index contributed by atoms with van der Waals surface area (Å²) >= 11 is 0. The summed E-state index contributed by atoms with van der Waals surface area (Å²) in [5, 5.41) is 8.95. The summed E-state index contributed by atoms with van der Waals surface area (Å²) in [4.78, 5) is 14.5. The van der Waals surface area contributed by atoms with Crippen molar-refractivity contribution in [3.05, 3.63) is 48.3 Å². The predicted octanol–water partition coefficient (Wildman–Crippen LogP) is 1.93. The van der Waals surface area contributed by atoms with Gasteiger partial charge in [-0.2, -0.15) is 0 Å². The predicted molar refractivity (Wildman–Crippen MR) is 86.2 cm³/mol. The van der Waals surface area contributed by atoms with Gasteiger partial charge in [-0.05, 0) is 17.5 Å². The van der Waals surface area contributed by atoms with Crippen LogP contribution in [0.25, 0.3) is 10.9 Å². The van der Waals surface area contributed by atoms with E-state index >= 15 is 0 Å². The monoisotopic (exact) mass is 326 g/mol. The zero-order chi connectivity index (χ0) is 16.5. The van der Waals surface area contributed by atoms with Gasteiger partial charge in [-0.1, -0.05) is 18.2 Å². The summed E-state index contributed by atoms with van der Waals surface area (Å²) in [5.74, 6) is 0.980. The van der Waals surface area contributed by atoms with E-state index in [0.29, 0.717) is 38.0 Å². The number of aryl methyl sites for hydroxylation is 1. The quantitative estimate of drug-likeness (QED) is 0.735. The van der Waals surface area contributed by atoms with Crippen molar-refractivity contribution in [2.45, 2.75) is 19.6 Å². The second kappa shape index (κ2) is 6.09. The van der Waals surface area contributed by atoms with Crippen molar-refractivity contribution >= 4 is 16.8 Å². The fourth-order valence-electron chi connectivity index (χ4n) is 2.99. The van der Waals surface area contributed by atoms with Crippen molar-refractivity contribution in [3.8, 4) is 0 Å². The summed E-state index contributed by atoms with van der Waals surface area (Å²) in [5.41, 5.74) is 1.06. The second-order valence-corrected chi connectivity index (χ2v) is 5.86. The first-order valence-electron chi connectivity index (χ1n) is 7.94. The Morgan fingerprint density at radius 3 is 3.00 bits per heavy atom. The molecule has 124 valence electrons. The highest BCUT2D eigenvalue weighted by atomic mass is 16.5. The Labute approximate surface area is 138 Å². The number of para-hydroxylation sites is 1. The number of benzene rings is 1. The van der Waals surface area contributed by atoms with Gasteiger partial charge in [-0.25, -0.2) is 0 Å². The van der Waals surface area contributed by atoms with Crippen molar-refractivity contribution in [2.75, 3.05) is 19.7 Å². The van der Waals surface area contributed by atoms with Crippen LogP contribution in [0.15, 0.2) is 40.9 Å². The maximum atomic E-state index is 12.7. The lowest BCUT2D eigenvalue weighted by Crippen LogP contribution is -2.43. The van der Waals surface area contributed by atoms with Gasteiger partial charge >= 0.3 is 0 Å². The molecule has 0 unspecified atom stereocenters. The van der Waals surface area contributed by atoms with Gasteiger partial charge in [-0.15, -0.1) is 10.2 Å². The van der Waals surface area contributed by atoms with Gasteiger partial charge in [0.1, 0.15) is 6.54 Å². The van der Waals surface area contributed by atoms with Gasteiger partial charge < -0.3 is 18.6 Å². The van der Waals surface area contributed by atoms with Gasteiger partial charge in [0.15, 0.2) is 6.10 Å². The molecular weight excluding hydrogens is 308 g/mol. The van der Waals surface area contributed by atoms with E-state index in [1.807, 2.05) is 41.1 Å². The van der Waals surface area contributed by atoms with Gasteiger partial charge in [0.25, 0.3) is 0 Å². The molecule has 24 heavy (non-hydrogen) atoms. The molecule has 1 aliphatic heterocycles. The largest absolute Gasteiger partial charge is 0.423 e. The van der Waals surface area contributed by atoms with Gasteiger partial charge in [0.05, 0.1) is 13.2 Å². The first-order valence-corrected chi connectivity index (χ1v) is 7.94. The van der Waals surface area contributed by atoms with E-state index in [-0.39, 0.29) is 12.0 Å². The highest BCUT2D eigenvalue weighted by Gasteiger charge is 2.29. The SMILES string of the molecule is Cc1nnc([C@@H]2CN(C(=O)Cn3ccc4ccccc43)CCO2)o1. The third kappa shape index (κ3) is 2.78. The number of carbonyl (C=O) groups excluding carboxylic acids is 1. The van der Waals surface area contributed by atoms with Crippen LogP contribution in [0.2, 0.25) is 0 Å². The Balaban J connectivity index is 1.48. The number of ether oxygens (including phenoxy) is 1. The highest BCUT2D eigenvalue weighted by Crippen LogP contribution is 2.22. The molecule has 2 aromatic heterocycles. The van der Waals surface area contributed by atoms with Crippen LogP contribution >= 0.6 is 0 Å². The molecule has 1 aromatic carbocycles. The number of rotatable bonds is 3. The molecule has 0 radical (unpaired) electrons. The highest BCUT2D eigenvalue weighted by molar-refractivity contribution is 5.83. The Morgan fingerprint density at radius 1 is 1.29 bits per heavy atom. The molecule has 0 bridgehead atoms. The van der Waals surface area contributed by atoms with Crippen LogP contribution in [-0.2, 0) is 16.1 Å². The molecule has 1 atom stereocenters. The smallest absolute Gasteiger partial charge is 0.246 e. The van der Waals surface area contributed by atoms with Gasteiger partial charge in [0.2, 0.25) is 17.7 Å². The van der Waals surface area contributed by atoms with Crippen LogP contribution < -0.4 is 0 Å². The minimum Gasteiger partial charge on any atom is -0.423 e. The number of amides is 1. The van der Waals surface area contributed by atoms with E-state index in [1.54, 1.807) is 11.8 Å². The molecular formula is C17H18N4O3. The number of nitrogens with zero attached hydrogens (tertiary/aromatic N) is 4. The summed E-state index contributed by atoms with van der Waals surface area (Å²) < 4.78 is 13.1. The zero-order valence-corrected chi connectivity index (χ0v) is 13.4. The molecule has 3 aromatic rings. The van der Waals surface area contributed by atoms with Crippen LogP contribution in [0.5, 0.6) is 0 Å². The minimum atomic E-state index is -0.356. The number of hydrogen-bond donors (Lipinski definition) is 0. The Bertz CT molecular complexity index is 869. The van der Waals surface area contributed by atoms with Crippen molar-refractivity contribution in [3.63, 3.8) is 0 Å². The van der Waals surface area contributed by atoms with Crippen LogP contribution in [0, 0.1) is 6.92 Å². The summed E-state index contributed by atoms with van der Waals surface area (Å²) in [6, 6.07) is 10.1. The molecule has 0 saturated carbocycles. The Kier molecular flexibility index (Phi) is 3.78. The first-order chi connectivity index (χ1) is 11.7. The fraction of sp³-hybridized carbons (Fsp3) is 0.353. The molecule has 1 fully saturated rings. The van der Waals surface area contributed by atoms with Gasteiger partial charge in [-0.3, -0.25) is 4.79 Å². The van der Waals surface area contributed by atoms with E-state index in [0.717, 1.165) is 10.9 Å².